The van der Waals surface area contributed by atoms with Crippen LogP contribution in [-0.4, -0.2) is 51.2 Å². The maximum Gasteiger partial charge on any atom is 0.411 e. The number of methoxy groups -OCH3 is 1. The summed E-state index contributed by atoms with van der Waals surface area (Å²) in [4.78, 5) is 44.7. The molecule has 44 heavy (non-hydrogen) atoms. The summed E-state index contributed by atoms with van der Waals surface area (Å²) in [5.74, 6) is -1.46. The minimum absolute atomic E-state index is 0.194. The number of hydrogen-bond acceptors (Lipinski definition) is 6. The molecule has 2 atom stereocenters. The molecule has 226 valence electrons. The Morgan fingerprint density at radius 3 is 2.77 bits per heavy atom. The van der Waals surface area contributed by atoms with Gasteiger partial charge in [-0.2, -0.15) is 9.49 Å². The normalized spacial score (nSPS) is 18.3. The molecule has 4 heterocycles. The van der Waals surface area contributed by atoms with Crippen molar-refractivity contribution >= 4 is 40.9 Å². The topological polar surface area (TPSA) is 118 Å². The van der Waals surface area contributed by atoms with Gasteiger partial charge >= 0.3 is 6.09 Å². The fourth-order valence-electron chi connectivity index (χ4n) is 5.78. The fourth-order valence-corrected chi connectivity index (χ4v) is 5.96. The van der Waals surface area contributed by atoms with Gasteiger partial charge in [-0.1, -0.05) is 37.1 Å². The molecule has 0 fully saturated rings. The molecule has 3 amide bonds. The number of aromatic nitrogens is 3. The average Bonchev–Trinajstić information content (AvgIpc) is 3.46. The van der Waals surface area contributed by atoms with Gasteiger partial charge in [0.15, 0.2) is 0 Å². The fraction of sp³-hybridized carbons (Fsp3) is 0.281. The number of ether oxygens (including phenoxy) is 1. The Kier molecular flexibility index (Phi) is 8.05. The van der Waals surface area contributed by atoms with E-state index in [9.17, 15) is 14.4 Å². The molecular weight excluding hydrogens is 587 g/mol. The van der Waals surface area contributed by atoms with Gasteiger partial charge in [-0.15, -0.1) is 0 Å². The van der Waals surface area contributed by atoms with Gasteiger partial charge < -0.3 is 15.0 Å². The summed E-state index contributed by atoms with van der Waals surface area (Å²) in [6.45, 7) is 2.18. The lowest BCUT2D eigenvalue weighted by atomic mass is 9.92. The second-order valence-electron chi connectivity index (χ2n) is 11.0. The summed E-state index contributed by atoms with van der Waals surface area (Å²) in [5, 5.41) is 10.8. The van der Waals surface area contributed by atoms with E-state index in [4.69, 9.17) is 16.3 Å². The molecule has 0 spiro atoms. The lowest BCUT2D eigenvalue weighted by Gasteiger charge is -2.35. The van der Waals surface area contributed by atoms with Gasteiger partial charge in [0.1, 0.15) is 0 Å². The minimum Gasteiger partial charge on any atom is -0.453 e. The zero-order valence-electron chi connectivity index (χ0n) is 24.1. The molecule has 2 aromatic carbocycles. The number of fused-ring (bicyclic) bond motifs is 5. The number of rotatable bonds is 3. The van der Waals surface area contributed by atoms with Crippen LogP contribution in [0, 0.1) is 11.9 Å². The Balaban J connectivity index is 1.39. The molecule has 2 unspecified atom stereocenters. The summed E-state index contributed by atoms with van der Waals surface area (Å²) in [7, 11) is 1.26. The maximum atomic E-state index is 15.6. The predicted octanol–water partition coefficient (Wildman–Crippen LogP) is 6.40. The summed E-state index contributed by atoms with van der Waals surface area (Å²) < 4.78 is 21.9. The SMILES string of the molecule is COC(=O)Nc1ccc2c(c1)NC(=O)C(C)CCCC(N1CCc3nn(-c4cccc(Cl)c4)cc3C1=O)c1cc-2cnc1F. The van der Waals surface area contributed by atoms with Crippen LogP contribution in [0.25, 0.3) is 16.8 Å². The van der Waals surface area contributed by atoms with Crippen LogP contribution >= 0.6 is 11.6 Å². The van der Waals surface area contributed by atoms with Crippen LogP contribution in [-0.2, 0) is 16.0 Å². The third-order valence-corrected chi connectivity index (χ3v) is 8.36. The molecule has 6 rings (SSSR count). The van der Waals surface area contributed by atoms with Gasteiger partial charge in [-0.05, 0) is 49.2 Å². The number of nitrogens with zero attached hydrogens (tertiary/aromatic N) is 4. The van der Waals surface area contributed by atoms with E-state index in [1.807, 2.05) is 19.1 Å². The molecule has 2 aromatic heterocycles. The Hall–Kier alpha value is -4.77. The van der Waals surface area contributed by atoms with Crippen molar-refractivity contribution in [3.8, 4) is 16.8 Å². The number of nitrogens with one attached hydrogen (secondary N) is 2. The van der Waals surface area contributed by atoms with Gasteiger partial charge in [-0.3, -0.25) is 14.9 Å². The highest BCUT2D eigenvalue weighted by Crippen LogP contribution is 2.38. The van der Waals surface area contributed by atoms with Crippen LogP contribution in [0.3, 0.4) is 0 Å². The third kappa shape index (κ3) is 5.74. The molecule has 0 saturated heterocycles. The Labute approximate surface area is 258 Å². The van der Waals surface area contributed by atoms with Crippen molar-refractivity contribution in [3.63, 3.8) is 0 Å². The molecule has 10 nitrogen and oxygen atoms in total. The van der Waals surface area contributed by atoms with Gasteiger partial charge in [-0.25, -0.2) is 14.5 Å². The van der Waals surface area contributed by atoms with E-state index in [0.29, 0.717) is 76.6 Å². The van der Waals surface area contributed by atoms with Gasteiger partial charge in [0.25, 0.3) is 5.91 Å². The second-order valence-corrected chi connectivity index (χ2v) is 11.4. The minimum atomic E-state index is -0.661. The first-order valence-electron chi connectivity index (χ1n) is 14.3. The van der Waals surface area contributed by atoms with E-state index >= 15 is 4.39 Å². The zero-order valence-corrected chi connectivity index (χ0v) is 24.9. The first-order chi connectivity index (χ1) is 21.2. The van der Waals surface area contributed by atoms with Crippen molar-refractivity contribution in [1.29, 1.82) is 0 Å². The highest BCUT2D eigenvalue weighted by molar-refractivity contribution is 6.30. The van der Waals surface area contributed by atoms with E-state index in [1.54, 1.807) is 52.2 Å². The molecule has 4 aromatic rings. The first-order valence-corrected chi connectivity index (χ1v) is 14.7. The third-order valence-electron chi connectivity index (χ3n) is 8.13. The number of benzene rings is 2. The largest absolute Gasteiger partial charge is 0.453 e. The average molecular weight is 617 g/mol. The van der Waals surface area contributed by atoms with Crippen LogP contribution in [0.15, 0.2) is 60.9 Å². The molecule has 12 heteroatoms. The zero-order chi connectivity index (χ0) is 31.0. The van der Waals surface area contributed by atoms with Crippen molar-refractivity contribution in [2.45, 2.75) is 38.6 Å². The van der Waals surface area contributed by atoms with Crippen LogP contribution in [0.4, 0.5) is 20.6 Å². The van der Waals surface area contributed by atoms with Crippen molar-refractivity contribution in [1.82, 2.24) is 19.7 Å². The van der Waals surface area contributed by atoms with E-state index in [2.05, 4.69) is 20.7 Å². The summed E-state index contributed by atoms with van der Waals surface area (Å²) in [5.41, 5.74) is 4.14. The second kappa shape index (κ2) is 12.1. The molecule has 0 aliphatic carbocycles. The van der Waals surface area contributed by atoms with E-state index in [0.717, 1.165) is 5.69 Å². The summed E-state index contributed by atoms with van der Waals surface area (Å²) in [6.07, 6.45) is 4.46. The van der Waals surface area contributed by atoms with Crippen molar-refractivity contribution < 1.29 is 23.5 Å². The van der Waals surface area contributed by atoms with E-state index in [1.165, 1.54) is 13.3 Å². The van der Waals surface area contributed by atoms with Gasteiger partial charge in [0, 0.05) is 58.7 Å². The van der Waals surface area contributed by atoms with Crippen LogP contribution in [0.2, 0.25) is 5.02 Å². The highest BCUT2D eigenvalue weighted by atomic mass is 35.5. The summed E-state index contributed by atoms with van der Waals surface area (Å²) >= 11 is 6.18. The summed E-state index contributed by atoms with van der Waals surface area (Å²) in [6, 6.07) is 13.3. The maximum absolute atomic E-state index is 15.6. The molecule has 2 N–H and O–H groups in total. The Morgan fingerprint density at radius 2 is 1.98 bits per heavy atom. The number of hydrogen-bond donors (Lipinski definition) is 2. The quantitative estimate of drug-likeness (QED) is 0.257. The molecule has 2 aliphatic heterocycles. The Bertz CT molecular complexity index is 1780. The highest BCUT2D eigenvalue weighted by Gasteiger charge is 2.35. The number of pyridine rings is 1. The number of halogens is 2. The first kappa shape index (κ1) is 29.3. The number of amides is 3. The standard InChI is InChI=1S/C32H30ClFN6O4/c1-18-5-3-8-28(39-12-11-26-25(31(39)42)17-40(38-26)22-7-4-6-20(33)14-22)24-13-19(16-35-29(24)34)23-10-9-21(36-32(43)44-2)15-27(23)37-30(18)41/h4,6-7,9-10,13-18,28H,3,5,8,11-12H2,1-2H3,(H,36,43)(H,37,41). The molecule has 2 aliphatic rings. The Morgan fingerprint density at radius 1 is 1.14 bits per heavy atom. The smallest absolute Gasteiger partial charge is 0.411 e. The predicted molar refractivity (Wildman–Crippen MR) is 163 cm³/mol. The van der Waals surface area contributed by atoms with Crippen LogP contribution in [0.1, 0.15) is 53.8 Å². The molecule has 0 radical (unpaired) electrons. The van der Waals surface area contributed by atoms with Crippen LogP contribution < -0.4 is 10.6 Å². The number of carbonyl (C=O) groups excluding carboxylic acids is 3. The number of carbonyl (C=O) groups is 3. The van der Waals surface area contributed by atoms with Crippen LogP contribution in [0.5, 0.6) is 0 Å². The van der Waals surface area contributed by atoms with E-state index in [-0.39, 0.29) is 17.7 Å². The molecule has 2 bridgehead atoms. The van der Waals surface area contributed by atoms with Crippen molar-refractivity contribution in [2.24, 2.45) is 5.92 Å². The monoisotopic (exact) mass is 616 g/mol. The number of anilines is 2. The lowest BCUT2D eigenvalue weighted by Crippen LogP contribution is -2.40. The molecule has 0 saturated carbocycles. The van der Waals surface area contributed by atoms with Gasteiger partial charge in [0.05, 0.1) is 35.8 Å². The van der Waals surface area contributed by atoms with Crippen molar-refractivity contribution in [2.75, 3.05) is 24.3 Å². The van der Waals surface area contributed by atoms with Crippen molar-refractivity contribution in [3.05, 3.63) is 88.7 Å². The van der Waals surface area contributed by atoms with E-state index < -0.39 is 18.1 Å². The van der Waals surface area contributed by atoms with Gasteiger partial charge in [0.2, 0.25) is 11.9 Å². The molecular formula is C32H30ClFN6O4. The lowest BCUT2D eigenvalue weighted by molar-refractivity contribution is -0.119.